The van der Waals surface area contributed by atoms with Gasteiger partial charge in [-0.1, -0.05) is 24.3 Å². The lowest BCUT2D eigenvalue weighted by Crippen LogP contribution is -2.14. The molecule has 0 spiro atoms. The van der Waals surface area contributed by atoms with Crippen molar-refractivity contribution in [2.45, 2.75) is 4.90 Å². The second-order valence-corrected chi connectivity index (χ2v) is 9.03. The lowest BCUT2D eigenvalue weighted by Gasteiger charge is -2.13. The van der Waals surface area contributed by atoms with Gasteiger partial charge in [0.15, 0.2) is 0 Å². The fourth-order valence-corrected chi connectivity index (χ4v) is 4.69. The maximum atomic E-state index is 13.1. The van der Waals surface area contributed by atoms with Crippen molar-refractivity contribution in [3.63, 3.8) is 0 Å². The van der Waals surface area contributed by atoms with Crippen molar-refractivity contribution in [2.75, 3.05) is 10.0 Å². The van der Waals surface area contributed by atoms with E-state index in [-0.39, 0.29) is 22.1 Å². The summed E-state index contributed by atoms with van der Waals surface area (Å²) in [6, 6.07) is 18.4. The van der Waals surface area contributed by atoms with Gasteiger partial charge < -0.3 is 15.5 Å². The molecule has 1 amide bonds. The summed E-state index contributed by atoms with van der Waals surface area (Å²) >= 11 is 0. The van der Waals surface area contributed by atoms with Crippen LogP contribution < -0.4 is 10.0 Å². The van der Waals surface area contributed by atoms with Gasteiger partial charge >= 0.3 is 0 Å². The van der Waals surface area contributed by atoms with E-state index in [1.54, 1.807) is 30.3 Å². The number of aromatic hydroxyl groups is 2. The second kappa shape index (κ2) is 9.24. The molecule has 7 nitrogen and oxygen atoms in total. The molecule has 0 aliphatic heterocycles. The first kappa shape index (κ1) is 22.8. The Morgan fingerprint density at radius 2 is 1.50 bits per heavy atom. The average Bonchev–Trinajstić information content (AvgIpc) is 2.78. The van der Waals surface area contributed by atoms with Crippen LogP contribution >= 0.6 is 0 Å². The van der Waals surface area contributed by atoms with E-state index in [4.69, 9.17) is 0 Å². The van der Waals surface area contributed by atoms with Crippen molar-refractivity contribution in [3.8, 4) is 11.5 Å². The zero-order valence-corrected chi connectivity index (χ0v) is 18.4. The number of hydrogen-bond donors (Lipinski definition) is 4. The van der Waals surface area contributed by atoms with Crippen LogP contribution in [0.15, 0.2) is 89.8 Å². The van der Waals surface area contributed by atoms with Gasteiger partial charge in [-0.2, -0.15) is 0 Å². The number of benzene rings is 4. The maximum Gasteiger partial charge on any atom is 0.262 e. The number of amides is 1. The first-order chi connectivity index (χ1) is 16.2. The Kier molecular flexibility index (Phi) is 6.20. The lowest BCUT2D eigenvalue weighted by molar-refractivity contribution is -0.111. The molecule has 4 rings (SSSR count). The summed E-state index contributed by atoms with van der Waals surface area (Å²) in [6.45, 7) is 0. The van der Waals surface area contributed by atoms with Crippen LogP contribution in [0.2, 0.25) is 0 Å². The number of carbonyl (C=O) groups excluding carboxylic acids is 1. The molecule has 0 fully saturated rings. The van der Waals surface area contributed by atoms with Gasteiger partial charge in [0, 0.05) is 34.3 Å². The first-order valence-electron chi connectivity index (χ1n) is 10.0. The predicted octanol–water partition coefficient (Wildman–Crippen LogP) is 4.84. The third-order valence-electron chi connectivity index (χ3n) is 4.88. The van der Waals surface area contributed by atoms with Crippen molar-refractivity contribution in [1.82, 2.24) is 0 Å². The van der Waals surface area contributed by atoms with Gasteiger partial charge in [0.2, 0.25) is 5.91 Å². The Morgan fingerprint density at radius 1 is 0.853 bits per heavy atom. The molecular formula is C25H19FN2O5S. The average molecular weight is 479 g/mol. The molecule has 34 heavy (non-hydrogen) atoms. The molecule has 4 N–H and O–H groups in total. The van der Waals surface area contributed by atoms with Crippen molar-refractivity contribution < 1.29 is 27.8 Å². The number of sulfonamides is 1. The lowest BCUT2D eigenvalue weighted by atomic mass is 10.1. The van der Waals surface area contributed by atoms with Gasteiger partial charge in [0.1, 0.15) is 17.3 Å². The van der Waals surface area contributed by atoms with Crippen molar-refractivity contribution >= 4 is 44.2 Å². The Labute approximate surface area is 194 Å². The number of nitrogens with one attached hydrogen (secondary N) is 2. The topological polar surface area (TPSA) is 116 Å². The maximum absolute atomic E-state index is 13.1. The Hall–Kier alpha value is -4.37. The van der Waals surface area contributed by atoms with E-state index in [9.17, 15) is 27.8 Å². The van der Waals surface area contributed by atoms with Gasteiger partial charge in [-0.3, -0.25) is 9.52 Å². The molecule has 0 bridgehead atoms. The molecule has 0 heterocycles. The van der Waals surface area contributed by atoms with Crippen molar-refractivity contribution in [2.24, 2.45) is 0 Å². The summed E-state index contributed by atoms with van der Waals surface area (Å²) in [6.07, 6.45) is 2.64. The van der Waals surface area contributed by atoms with E-state index in [1.807, 2.05) is 0 Å². The van der Waals surface area contributed by atoms with Crippen LogP contribution in [0.25, 0.3) is 16.8 Å². The van der Waals surface area contributed by atoms with Gasteiger partial charge in [-0.25, -0.2) is 12.8 Å². The SMILES string of the molecule is O=C(/C=C/c1cc(O)cc(O)c1)Nc1cccc2c(S(=O)(=O)Nc3ccc(F)cc3)cccc12. The van der Waals surface area contributed by atoms with Crippen LogP contribution in [-0.2, 0) is 14.8 Å². The van der Waals surface area contributed by atoms with Gasteiger partial charge in [-0.05, 0) is 60.2 Å². The molecule has 4 aromatic rings. The molecule has 0 unspecified atom stereocenters. The van der Waals surface area contributed by atoms with Crippen LogP contribution in [-0.4, -0.2) is 24.5 Å². The minimum absolute atomic E-state index is 0.00352. The monoisotopic (exact) mass is 478 g/mol. The Balaban J connectivity index is 1.61. The normalized spacial score (nSPS) is 11.6. The number of carbonyl (C=O) groups is 1. The third-order valence-corrected chi connectivity index (χ3v) is 6.32. The first-order valence-corrected chi connectivity index (χ1v) is 11.5. The standard InChI is InChI=1S/C25H19FN2O5S/c26-17-8-10-18(11-9-17)28-34(32,33)24-6-2-3-21-22(24)4-1-5-23(21)27-25(31)12-7-16-13-19(29)15-20(30)14-16/h1-15,28-30H,(H,27,31)/b12-7+. The largest absolute Gasteiger partial charge is 0.508 e. The van der Waals surface area contributed by atoms with Gasteiger partial charge in [0.05, 0.1) is 4.90 Å². The number of halogens is 1. The smallest absolute Gasteiger partial charge is 0.262 e. The summed E-state index contributed by atoms with van der Waals surface area (Å²) in [4.78, 5) is 12.5. The fraction of sp³-hybridized carbons (Fsp3) is 0. The molecule has 172 valence electrons. The molecule has 0 aliphatic rings. The quantitative estimate of drug-likeness (QED) is 0.296. The van der Waals surface area contributed by atoms with Crippen LogP contribution in [0.1, 0.15) is 5.56 Å². The molecule has 0 aromatic heterocycles. The highest BCUT2D eigenvalue weighted by molar-refractivity contribution is 7.93. The predicted molar refractivity (Wildman–Crippen MR) is 129 cm³/mol. The van der Waals surface area contributed by atoms with E-state index in [1.165, 1.54) is 48.6 Å². The fourth-order valence-electron chi connectivity index (χ4n) is 3.41. The highest BCUT2D eigenvalue weighted by atomic mass is 32.2. The van der Waals surface area contributed by atoms with E-state index in [0.717, 1.165) is 12.1 Å². The molecule has 0 radical (unpaired) electrons. The minimum atomic E-state index is -4.00. The molecule has 0 saturated heterocycles. The summed E-state index contributed by atoms with van der Waals surface area (Å²) < 4.78 is 41.6. The second-order valence-electron chi connectivity index (χ2n) is 7.37. The van der Waals surface area contributed by atoms with E-state index in [0.29, 0.717) is 22.0 Å². The highest BCUT2D eigenvalue weighted by Crippen LogP contribution is 2.30. The molecule has 0 saturated carbocycles. The molecule has 0 aliphatic carbocycles. The molecule has 9 heteroatoms. The van der Waals surface area contributed by atoms with E-state index >= 15 is 0 Å². The summed E-state index contributed by atoms with van der Waals surface area (Å²) in [7, 11) is -4.00. The van der Waals surface area contributed by atoms with Gasteiger partial charge in [-0.15, -0.1) is 0 Å². The highest BCUT2D eigenvalue weighted by Gasteiger charge is 2.18. The number of phenols is 2. The van der Waals surface area contributed by atoms with Crippen LogP contribution in [0, 0.1) is 5.82 Å². The van der Waals surface area contributed by atoms with Crippen molar-refractivity contribution in [3.05, 3.63) is 96.3 Å². The zero-order chi connectivity index (χ0) is 24.3. The van der Waals surface area contributed by atoms with Gasteiger partial charge in [0.25, 0.3) is 10.0 Å². The molecule has 4 aromatic carbocycles. The third kappa shape index (κ3) is 5.16. The summed E-state index contributed by atoms with van der Waals surface area (Å²) in [5.74, 6) is -1.26. The number of fused-ring (bicyclic) bond motifs is 1. The van der Waals surface area contributed by atoms with Crippen LogP contribution in [0.4, 0.5) is 15.8 Å². The minimum Gasteiger partial charge on any atom is -0.508 e. The van der Waals surface area contributed by atoms with E-state index in [2.05, 4.69) is 10.0 Å². The number of rotatable bonds is 6. The molecule has 0 atom stereocenters. The Bertz CT molecular complexity index is 1500. The zero-order valence-electron chi connectivity index (χ0n) is 17.6. The van der Waals surface area contributed by atoms with Crippen molar-refractivity contribution in [1.29, 1.82) is 0 Å². The number of phenolic OH excluding ortho intramolecular Hbond substituents is 2. The summed E-state index contributed by atoms with van der Waals surface area (Å²) in [5, 5.41) is 22.7. The number of hydrogen-bond acceptors (Lipinski definition) is 5. The Morgan fingerprint density at radius 3 is 2.21 bits per heavy atom. The van der Waals surface area contributed by atoms with Crippen LogP contribution in [0.3, 0.4) is 0 Å². The summed E-state index contributed by atoms with van der Waals surface area (Å²) in [5.41, 5.74) is 1.03. The van der Waals surface area contributed by atoms with E-state index < -0.39 is 21.7 Å². The number of anilines is 2. The molecular weight excluding hydrogens is 459 g/mol. The van der Waals surface area contributed by atoms with Crippen LogP contribution in [0.5, 0.6) is 11.5 Å².